The second-order valence-electron chi connectivity index (χ2n) is 4.74. The minimum Gasteiger partial charge on any atom is -0.384 e. The smallest absolute Gasteiger partial charge is 0.122 e. The molecule has 1 aromatic heterocycles. The summed E-state index contributed by atoms with van der Waals surface area (Å²) in [7, 11) is 4.06. The van der Waals surface area contributed by atoms with Gasteiger partial charge in [-0.2, -0.15) is 0 Å². The summed E-state index contributed by atoms with van der Waals surface area (Å²) in [4.78, 5) is 6.51. The highest BCUT2D eigenvalue weighted by molar-refractivity contribution is 5.94. The molecule has 0 aliphatic carbocycles. The van der Waals surface area contributed by atoms with Crippen LogP contribution in [0.1, 0.15) is 17.0 Å². The van der Waals surface area contributed by atoms with Crippen molar-refractivity contribution < 1.29 is 0 Å². The molecule has 5 heteroatoms. The van der Waals surface area contributed by atoms with Gasteiger partial charge in [-0.3, -0.25) is 10.3 Å². The van der Waals surface area contributed by atoms with Gasteiger partial charge in [-0.1, -0.05) is 24.3 Å². The number of hydrogen-bond acceptors (Lipinski definition) is 3. The molecule has 0 bridgehead atoms. The average molecular weight is 257 g/mol. The number of amidine groups is 1. The molecule has 0 spiro atoms. The van der Waals surface area contributed by atoms with Gasteiger partial charge in [0.2, 0.25) is 0 Å². The Morgan fingerprint density at radius 2 is 2.00 bits per heavy atom. The molecule has 0 aliphatic rings. The molecule has 3 N–H and O–H groups in total. The quantitative estimate of drug-likeness (QED) is 0.627. The summed E-state index contributed by atoms with van der Waals surface area (Å²) >= 11 is 0. The van der Waals surface area contributed by atoms with E-state index in [1.807, 2.05) is 48.3 Å². The summed E-state index contributed by atoms with van der Waals surface area (Å²) in [6.45, 7) is 1.64. The molecule has 1 heterocycles. The number of aryl methyl sites for hydroxylation is 1. The second-order valence-corrected chi connectivity index (χ2v) is 4.74. The lowest BCUT2D eigenvalue weighted by molar-refractivity contribution is 0.307. The maximum atomic E-state index is 7.36. The maximum Gasteiger partial charge on any atom is 0.122 e. The summed E-state index contributed by atoms with van der Waals surface area (Å²) in [5, 5.41) is 7.36. The lowest BCUT2D eigenvalue weighted by Crippen LogP contribution is -2.19. The standard InChI is InChI=1S/C14H19N5/c1-18(10-13-17-7-8-19(13)2)9-11-3-5-12(6-4-11)14(15)16/h3-8H,9-10H2,1-2H3,(H3,15,16). The van der Waals surface area contributed by atoms with Gasteiger partial charge in [0, 0.05) is 31.5 Å². The second kappa shape index (κ2) is 5.67. The van der Waals surface area contributed by atoms with Gasteiger partial charge in [0.1, 0.15) is 11.7 Å². The van der Waals surface area contributed by atoms with Crippen molar-refractivity contribution in [2.24, 2.45) is 12.8 Å². The number of aromatic nitrogens is 2. The Kier molecular flexibility index (Phi) is 3.97. The first-order valence-electron chi connectivity index (χ1n) is 6.14. The largest absolute Gasteiger partial charge is 0.384 e. The van der Waals surface area contributed by atoms with Crippen LogP contribution in [0, 0.1) is 5.41 Å². The lowest BCUT2D eigenvalue weighted by Gasteiger charge is -2.16. The molecule has 0 atom stereocenters. The van der Waals surface area contributed by atoms with E-state index in [0.29, 0.717) is 0 Å². The van der Waals surface area contributed by atoms with E-state index in [-0.39, 0.29) is 5.84 Å². The van der Waals surface area contributed by atoms with Crippen LogP contribution in [0.2, 0.25) is 0 Å². The molecule has 1 aromatic carbocycles. The van der Waals surface area contributed by atoms with Crippen molar-refractivity contribution in [2.75, 3.05) is 7.05 Å². The van der Waals surface area contributed by atoms with Crippen LogP contribution in [0.4, 0.5) is 0 Å². The number of hydrogen-bond donors (Lipinski definition) is 2. The Hall–Kier alpha value is -2.14. The molecule has 0 fully saturated rings. The minimum absolute atomic E-state index is 0.105. The molecule has 0 saturated carbocycles. The molecule has 0 saturated heterocycles. The SMILES string of the molecule is CN(Cc1ccc(C(=N)N)cc1)Cc1nccn1C. The molecule has 2 rings (SSSR count). The van der Waals surface area contributed by atoms with Crippen molar-refractivity contribution in [1.29, 1.82) is 5.41 Å². The number of rotatable bonds is 5. The van der Waals surface area contributed by atoms with Crippen molar-refractivity contribution in [3.05, 3.63) is 53.6 Å². The van der Waals surface area contributed by atoms with Crippen LogP contribution in [0.25, 0.3) is 0 Å². The van der Waals surface area contributed by atoms with E-state index in [9.17, 15) is 0 Å². The van der Waals surface area contributed by atoms with Crippen LogP contribution in [-0.4, -0.2) is 27.3 Å². The zero-order valence-corrected chi connectivity index (χ0v) is 11.3. The van der Waals surface area contributed by atoms with E-state index in [0.717, 1.165) is 24.5 Å². The Labute approximate surface area is 113 Å². The average Bonchev–Trinajstić information content (AvgIpc) is 2.75. The van der Waals surface area contributed by atoms with Crippen LogP contribution >= 0.6 is 0 Å². The Balaban J connectivity index is 1.97. The van der Waals surface area contributed by atoms with Gasteiger partial charge < -0.3 is 10.3 Å². The zero-order chi connectivity index (χ0) is 13.8. The third-order valence-corrected chi connectivity index (χ3v) is 3.05. The van der Waals surface area contributed by atoms with Crippen LogP contribution in [0.15, 0.2) is 36.7 Å². The number of imidazole rings is 1. The van der Waals surface area contributed by atoms with Crippen LogP contribution in [0.3, 0.4) is 0 Å². The normalized spacial score (nSPS) is 10.9. The third kappa shape index (κ3) is 3.42. The molecule has 100 valence electrons. The van der Waals surface area contributed by atoms with Crippen LogP contribution < -0.4 is 5.73 Å². The molecule has 0 aliphatic heterocycles. The van der Waals surface area contributed by atoms with Gasteiger partial charge in [0.05, 0.1) is 6.54 Å². The third-order valence-electron chi connectivity index (χ3n) is 3.05. The molecule has 2 aromatic rings. The number of benzene rings is 1. The summed E-state index contributed by atoms with van der Waals surface area (Å²) in [6, 6.07) is 7.77. The highest BCUT2D eigenvalue weighted by Crippen LogP contribution is 2.08. The van der Waals surface area contributed by atoms with Gasteiger partial charge in [0.25, 0.3) is 0 Å². The fraction of sp³-hybridized carbons (Fsp3) is 0.286. The van der Waals surface area contributed by atoms with Crippen molar-refractivity contribution >= 4 is 5.84 Å². The fourth-order valence-corrected chi connectivity index (χ4v) is 1.95. The predicted octanol–water partition coefficient (Wildman–Crippen LogP) is 1.34. The van der Waals surface area contributed by atoms with Gasteiger partial charge in [-0.05, 0) is 12.6 Å². The van der Waals surface area contributed by atoms with E-state index < -0.39 is 0 Å². The monoisotopic (exact) mass is 257 g/mol. The minimum atomic E-state index is 0.105. The van der Waals surface area contributed by atoms with E-state index >= 15 is 0 Å². The first-order valence-corrected chi connectivity index (χ1v) is 6.14. The van der Waals surface area contributed by atoms with Crippen molar-refractivity contribution in [3.63, 3.8) is 0 Å². The number of nitrogens with one attached hydrogen (secondary N) is 1. The van der Waals surface area contributed by atoms with Gasteiger partial charge in [-0.25, -0.2) is 4.98 Å². The van der Waals surface area contributed by atoms with E-state index in [4.69, 9.17) is 11.1 Å². The van der Waals surface area contributed by atoms with E-state index in [1.165, 1.54) is 5.56 Å². The number of nitrogen functional groups attached to an aromatic ring is 1. The zero-order valence-electron chi connectivity index (χ0n) is 11.3. The number of nitrogens with zero attached hydrogens (tertiary/aromatic N) is 3. The summed E-state index contributed by atoms with van der Waals surface area (Å²) in [5.74, 6) is 1.15. The van der Waals surface area contributed by atoms with Gasteiger partial charge in [-0.15, -0.1) is 0 Å². The summed E-state index contributed by atoms with van der Waals surface area (Å²) in [6.07, 6.45) is 3.76. The topological polar surface area (TPSA) is 70.9 Å². The van der Waals surface area contributed by atoms with E-state index in [2.05, 4.69) is 16.9 Å². The summed E-state index contributed by atoms with van der Waals surface area (Å²) < 4.78 is 2.02. The van der Waals surface area contributed by atoms with Crippen LogP contribution in [0.5, 0.6) is 0 Å². The highest BCUT2D eigenvalue weighted by atomic mass is 15.1. The Morgan fingerprint density at radius 1 is 1.32 bits per heavy atom. The Morgan fingerprint density at radius 3 is 2.53 bits per heavy atom. The molecule has 0 amide bonds. The van der Waals surface area contributed by atoms with Crippen LogP contribution in [-0.2, 0) is 20.1 Å². The maximum absolute atomic E-state index is 7.36. The molecular weight excluding hydrogens is 238 g/mol. The van der Waals surface area contributed by atoms with Crippen molar-refractivity contribution in [2.45, 2.75) is 13.1 Å². The first kappa shape index (κ1) is 13.3. The number of nitrogens with two attached hydrogens (primary N) is 1. The molecule has 0 unspecified atom stereocenters. The summed E-state index contributed by atoms with van der Waals surface area (Å²) in [5.41, 5.74) is 7.39. The molecule has 0 radical (unpaired) electrons. The molecule has 5 nitrogen and oxygen atoms in total. The van der Waals surface area contributed by atoms with Crippen molar-refractivity contribution in [3.8, 4) is 0 Å². The lowest BCUT2D eigenvalue weighted by atomic mass is 10.1. The first-order chi connectivity index (χ1) is 9.06. The van der Waals surface area contributed by atoms with E-state index in [1.54, 1.807) is 0 Å². The fourth-order valence-electron chi connectivity index (χ4n) is 1.95. The molecule has 19 heavy (non-hydrogen) atoms. The Bertz CT molecular complexity index is 555. The van der Waals surface area contributed by atoms with Crippen molar-refractivity contribution in [1.82, 2.24) is 14.5 Å². The highest BCUT2D eigenvalue weighted by Gasteiger charge is 2.05. The van der Waals surface area contributed by atoms with Gasteiger partial charge in [0.15, 0.2) is 0 Å². The molecular formula is C14H19N5. The van der Waals surface area contributed by atoms with Gasteiger partial charge >= 0.3 is 0 Å². The predicted molar refractivity (Wildman–Crippen MR) is 75.8 cm³/mol.